The van der Waals surface area contributed by atoms with Gasteiger partial charge in [0.05, 0.1) is 5.56 Å². The number of H-pyrrole nitrogens is 1. The van der Waals surface area contributed by atoms with Gasteiger partial charge in [0.1, 0.15) is 0 Å². The van der Waals surface area contributed by atoms with Crippen molar-refractivity contribution >= 4 is 5.91 Å². The topological polar surface area (TPSA) is 83.6 Å². The molecular weight excluding hydrogens is 278 g/mol. The summed E-state index contributed by atoms with van der Waals surface area (Å²) in [4.78, 5) is 12.7. The van der Waals surface area contributed by atoms with Gasteiger partial charge in [-0.3, -0.25) is 4.79 Å². The molecule has 4 rings (SSSR count). The number of carbonyl (C=O) groups excluding carboxylic acids is 1. The molecule has 1 aromatic carbocycles. The molecular formula is C16H19N5O. The van der Waals surface area contributed by atoms with Gasteiger partial charge in [-0.25, -0.2) is 0 Å². The Morgan fingerprint density at radius 1 is 1.18 bits per heavy atom. The van der Waals surface area contributed by atoms with E-state index in [1.54, 1.807) is 0 Å². The normalized spacial score (nSPS) is 26.8. The third-order valence-corrected chi connectivity index (χ3v) is 5.16. The highest BCUT2D eigenvalue weighted by Gasteiger charge is 2.39. The molecule has 2 aliphatic carbocycles. The molecule has 1 heterocycles. The zero-order valence-corrected chi connectivity index (χ0v) is 12.3. The number of amides is 1. The molecule has 3 atom stereocenters. The van der Waals surface area contributed by atoms with Gasteiger partial charge in [-0.2, -0.15) is 5.21 Å². The third-order valence-electron chi connectivity index (χ3n) is 5.16. The van der Waals surface area contributed by atoms with E-state index >= 15 is 0 Å². The number of hydrogen-bond donors (Lipinski definition) is 2. The molecule has 114 valence electrons. The van der Waals surface area contributed by atoms with Crippen molar-refractivity contribution in [1.29, 1.82) is 0 Å². The summed E-state index contributed by atoms with van der Waals surface area (Å²) in [5.41, 5.74) is 1.33. The van der Waals surface area contributed by atoms with E-state index in [1.807, 2.05) is 24.3 Å². The fraction of sp³-hybridized carbons (Fsp3) is 0.500. The molecule has 22 heavy (non-hydrogen) atoms. The van der Waals surface area contributed by atoms with Gasteiger partial charge in [0.15, 0.2) is 0 Å². The number of aromatic amines is 1. The van der Waals surface area contributed by atoms with Gasteiger partial charge in [-0.05, 0) is 42.4 Å². The molecule has 1 amide bonds. The van der Waals surface area contributed by atoms with Crippen molar-refractivity contribution in [2.45, 2.75) is 38.1 Å². The largest absolute Gasteiger partial charge is 0.349 e. The van der Waals surface area contributed by atoms with Crippen LogP contribution in [-0.2, 0) is 0 Å². The first-order valence-electron chi connectivity index (χ1n) is 7.96. The van der Waals surface area contributed by atoms with Crippen LogP contribution in [0.2, 0.25) is 0 Å². The summed E-state index contributed by atoms with van der Waals surface area (Å²) >= 11 is 0. The van der Waals surface area contributed by atoms with Crippen molar-refractivity contribution in [2.24, 2.45) is 11.8 Å². The van der Waals surface area contributed by atoms with E-state index in [2.05, 4.69) is 25.9 Å². The molecule has 0 aliphatic heterocycles. The number of fused-ring (bicyclic) bond motifs is 1. The van der Waals surface area contributed by atoms with Crippen molar-refractivity contribution in [2.75, 3.05) is 0 Å². The highest BCUT2D eigenvalue weighted by molar-refractivity contribution is 6.00. The Morgan fingerprint density at radius 3 is 2.95 bits per heavy atom. The van der Waals surface area contributed by atoms with Gasteiger partial charge >= 0.3 is 0 Å². The minimum Gasteiger partial charge on any atom is -0.349 e. The minimum absolute atomic E-state index is 0.0297. The minimum atomic E-state index is -0.0297. The van der Waals surface area contributed by atoms with E-state index < -0.39 is 0 Å². The summed E-state index contributed by atoms with van der Waals surface area (Å²) in [5, 5.41) is 17.2. The Kier molecular flexibility index (Phi) is 3.36. The van der Waals surface area contributed by atoms with Gasteiger partial charge in [-0.15, -0.1) is 10.2 Å². The van der Waals surface area contributed by atoms with E-state index in [1.165, 1.54) is 25.7 Å². The van der Waals surface area contributed by atoms with Crippen molar-refractivity contribution in [3.05, 3.63) is 29.8 Å². The predicted octanol–water partition coefficient (Wildman–Crippen LogP) is 2.18. The summed E-state index contributed by atoms with van der Waals surface area (Å²) in [6.45, 7) is 0. The highest BCUT2D eigenvalue weighted by Crippen LogP contribution is 2.44. The van der Waals surface area contributed by atoms with Crippen molar-refractivity contribution in [3.63, 3.8) is 0 Å². The lowest BCUT2D eigenvalue weighted by atomic mass is 9.97. The molecule has 0 saturated heterocycles. The molecule has 1 aromatic heterocycles. The second-order valence-electron chi connectivity index (χ2n) is 6.29. The number of nitrogens with one attached hydrogen (secondary N) is 2. The van der Waals surface area contributed by atoms with Crippen LogP contribution in [0.4, 0.5) is 0 Å². The summed E-state index contributed by atoms with van der Waals surface area (Å²) in [6, 6.07) is 7.74. The Balaban J connectivity index is 1.56. The van der Waals surface area contributed by atoms with Crippen LogP contribution in [0.25, 0.3) is 11.4 Å². The van der Waals surface area contributed by atoms with Gasteiger partial charge in [0.2, 0.25) is 5.82 Å². The van der Waals surface area contributed by atoms with Crippen molar-refractivity contribution in [3.8, 4) is 11.4 Å². The summed E-state index contributed by atoms with van der Waals surface area (Å²) in [6.07, 6.45) is 6.24. The maximum atomic E-state index is 12.7. The zero-order valence-electron chi connectivity index (χ0n) is 12.3. The lowest BCUT2D eigenvalue weighted by Gasteiger charge is -2.20. The van der Waals surface area contributed by atoms with Crippen LogP contribution < -0.4 is 5.32 Å². The smallest absolute Gasteiger partial charge is 0.252 e. The zero-order chi connectivity index (χ0) is 14.9. The molecule has 2 N–H and O–H groups in total. The van der Waals surface area contributed by atoms with Crippen molar-refractivity contribution < 1.29 is 4.79 Å². The van der Waals surface area contributed by atoms with E-state index in [4.69, 9.17) is 0 Å². The SMILES string of the molecule is O=C(N[C@@H]1CC[C@H]2CCC[C@H]21)c1ccccc1-c1nn[nH]n1. The predicted molar refractivity (Wildman–Crippen MR) is 80.9 cm³/mol. The Bertz CT molecular complexity index is 669. The fourth-order valence-corrected chi connectivity index (χ4v) is 4.14. The van der Waals surface area contributed by atoms with E-state index in [0.29, 0.717) is 23.3 Å². The number of hydrogen-bond acceptors (Lipinski definition) is 4. The number of aromatic nitrogens is 4. The number of tetrazole rings is 1. The second kappa shape index (κ2) is 5.51. The monoisotopic (exact) mass is 297 g/mol. The van der Waals surface area contributed by atoms with Crippen LogP contribution in [0.15, 0.2) is 24.3 Å². The Labute approximate surface area is 128 Å². The molecule has 2 fully saturated rings. The second-order valence-corrected chi connectivity index (χ2v) is 6.29. The van der Waals surface area contributed by atoms with Gasteiger partial charge in [0.25, 0.3) is 5.91 Å². The molecule has 6 heteroatoms. The molecule has 0 radical (unpaired) electrons. The number of rotatable bonds is 3. The van der Waals surface area contributed by atoms with E-state index in [-0.39, 0.29) is 5.91 Å². The van der Waals surface area contributed by atoms with E-state index in [9.17, 15) is 4.79 Å². The fourth-order valence-electron chi connectivity index (χ4n) is 4.14. The van der Waals surface area contributed by atoms with Gasteiger partial charge in [0, 0.05) is 11.6 Å². The highest BCUT2D eigenvalue weighted by atomic mass is 16.1. The molecule has 0 spiro atoms. The van der Waals surface area contributed by atoms with E-state index in [0.717, 1.165) is 17.9 Å². The maximum absolute atomic E-state index is 12.7. The first-order valence-corrected chi connectivity index (χ1v) is 7.96. The van der Waals surface area contributed by atoms with Crippen LogP contribution in [0, 0.1) is 11.8 Å². The molecule has 2 saturated carbocycles. The number of benzene rings is 1. The molecule has 0 bridgehead atoms. The average molecular weight is 297 g/mol. The van der Waals surface area contributed by atoms with Crippen molar-refractivity contribution in [1.82, 2.24) is 25.9 Å². The standard InChI is InChI=1S/C16H19N5O/c22-16(17-14-9-8-10-4-3-7-11(10)14)13-6-2-1-5-12(13)15-18-20-21-19-15/h1-2,5-6,10-11,14H,3-4,7-9H2,(H,17,22)(H,18,19,20,21)/t10-,11-,14-/m1/s1. The molecule has 0 unspecified atom stereocenters. The Morgan fingerprint density at radius 2 is 2.09 bits per heavy atom. The summed E-state index contributed by atoms with van der Waals surface area (Å²) < 4.78 is 0. The maximum Gasteiger partial charge on any atom is 0.252 e. The quantitative estimate of drug-likeness (QED) is 0.909. The molecule has 6 nitrogen and oxygen atoms in total. The number of nitrogens with zero attached hydrogens (tertiary/aromatic N) is 3. The lowest BCUT2D eigenvalue weighted by molar-refractivity contribution is 0.0927. The summed E-state index contributed by atoms with van der Waals surface area (Å²) in [7, 11) is 0. The lowest BCUT2D eigenvalue weighted by Crippen LogP contribution is -2.37. The van der Waals surface area contributed by atoms with Crippen LogP contribution in [0.1, 0.15) is 42.5 Å². The van der Waals surface area contributed by atoms with Crippen LogP contribution in [-0.4, -0.2) is 32.6 Å². The third kappa shape index (κ3) is 2.28. The first-order chi connectivity index (χ1) is 10.8. The van der Waals surface area contributed by atoms with Crippen LogP contribution >= 0.6 is 0 Å². The summed E-state index contributed by atoms with van der Waals surface area (Å²) in [5.74, 6) is 1.91. The average Bonchev–Trinajstić information content (AvgIpc) is 3.26. The van der Waals surface area contributed by atoms with Gasteiger partial charge in [-0.1, -0.05) is 31.0 Å². The Hall–Kier alpha value is -2.24. The van der Waals surface area contributed by atoms with Crippen LogP contribution in [0.5, 0.6) is 0 Å². The number of carbonyl (C=O) groups is 1. The van der Waals surface area contributed by atoms with Crippen LogP contribution in [0.3, 0.4) is 0 Å². The molecule has 2 aliphatic rings. The molecule has 2 aromatic rings. The van der Waals surface area contributed by atoms with Gasteiger partial charge < -0.3 is 5.32 Å². The first kappa shape index (κ1) is 13.4.